The second-order valence-electron chi connectivity index (χ2n) is 5.79. The molecule has 0 heterocycles. The van der Waals surface area contributed by atoms with E-state index in [1.165, 1.54) is 0 Å². The Balaban J connectivity index is 1.69. The second kappa shape index (κ2) is 8.85. The van der Waals surface area contributed by atoms with Crippen molar-refractivity contribution in [1.29, 1.82) is 0 Å². The summed E-state index contributed by atoms with van der Waals surface area (Å²) in [7, 11) is 0. The first-order chi connectivity index (χ1) is 12.5. The van der Waals surface area contributed by atoms with Gasteiger partial charge in [-0.15, -0.1) is 0 Å². The number of hydrogen-bond donors (Lipinski definition) is 0. The average Bonchev–Trinajstić information content (AvgIpc) is 2.63. The van der Waals surface area contributed by atoms with Crippen molar-refractivity contribution < 1.29 is 4.74 Å². The fourth-order valence-corrected chi connectivity index (χ4v) is 3.26. The van der Waals surface area contributed by atoms with Gasteiger partial charge in [-0.25, -0.2) is 0 Å². The fourth-order valence-electron chi connectivity index (χ4n) is 2.32. The van der Waals surface area contributed by atoms with E-state index in [0.29, 0.717) is 11.6 Å². The molecule has 0 saturated carbocycles. The summed E-state index contributed by atoms with van der Waals surface area (Å²) in [6.45, 7) is 2.53. The molecule has 0 fully saturated rings. The summed E-state index contributed by atoms with van der Waals surface area (Å²) < 4.78 is 7.84. The van der Waals surface area contributed by atoms with E-state index in [2.05, 4.69) is 36.9 Å². The molecule has 0 saturated heterocycles. The van der Waals surface area contributed by atoms with Crippen LogP contribution < -0.4 is 4.74 Å². The van der Waals surface area contributed by atoms with E-state index >= 15 is 0 Å². The van der Waals surface area contributed by atoms with Crippen LogP contribution in [0.2, 0.25) is 5.02 Å². The van der Waals surface area contributed by atoms with Crippen LogP contribution in [0.3, 0.4) is 0 Å². The molecule has 0 bridgehead atoms. The number of rotatable bonds is 5. The highest BCUT2D eigenvalue weighted by Crippen LogP contribution is 2.27. The maximum Gasteiger partial charge on any atom is 0.134 e. The molecular formula is C21H16Br2ClNO. The van der Waals surface area contributed by atoms with Crippen LogP contribution >= 0.6 is 43.5 Å². The van der Waals surface area contributed by atoms with E-state index in [1.54, 1.807) is 0 Å². The molecule has 0 aliphatic carbocycles. The van der Waals surface area contributed by atoms with Gasteiger partial charge in [-0.3, -0.25) is 4.99 Å². The average molecular weight is 494 g/mol. The first kappa shape index (κ1) is 19.2. The lowest BCUT2D eigenvalue weighted by molar-refractivity contribution is 0.304. The van der Waals surface area contributed by atoms with Gasteiger partial charge in [0.05, 0.1) is 10.2 Å². The zero-order valence-electron chi connectivity index (χ0n) is 14.0. The van der Waals surface area contributed by atoms with Gasteiger partial charge in [0.2, 0.25) is 0 Å². The van der Waals surface area contributed by atoms with E-state index in [0.717, 1.165) is 37.1 Å². The highest BCUT2D eigenvalue weighted by molar-refractivity contribution is 9.10. The van der Waals surface area contributed by atoms with E-state index in [1.807, 2.05) is 73.8 Å². The van der Waals surface area contributed by atoms with Crippen LogP contribution in [-0.4, -0.2) is 6.21 Å². The van der Waals surface area contributed by atoms with Crippen molar-refractivity contribution in [3.8, 4) is 5.75 Å². The molecular weight excluding hydrogens is 477 g/mol. The maximum atomic E-state index is 6.04. The van der Waals surface area contributed by atoms with Gasteiger partial charge in [0, 0.05) is 15.7 Å². The fraction of sp³-hybridized carbons (Fsp3) is 0.0952. The van der Waals surface area contributed by atoms with E-state index in [4.69, 9.17) is 16.3 Å². The minimum absolute atomic E-state index is 0.515. The van der Waals surface area contributed by atoms with Gasteiger partial charge in [0.25, 0.3) is 0 Å². The Morgan fingerprint density at radius 2 is 1.77 bits per heavy atom. The van der Waals surface area contributed by atoms with Crippen molar-refractivity contribution >= 4 is 55.4 Å². The van der Waals surface area contributed by atoms with Crippen LogP contribution in [0.4, 0.5) is 5.69 Å². The first-order valence-electron chi connectivity index (χ1n) is 7.98. The van der Waals surface area contributed by atoms with Crippen LogP contribution in [0.25, 0.3) is 0 Å². The van der Waals surface area contributed by atoms with Crippen molar-refractivity contribution in [1.82, 2.24) is 0 Å². The SMILES string of the molecule is Cc1ccc(Cl)cc1N=Cc1ccc(OCc2ccc(Br)cc2)c(Br)c1. The Morgan fingerprint density at radius 3 is 2.50 bits per heavy atom. The van der Waals surface area contributed by atoms with Crippen LogP contribution in [0.1, 0.15) is 16.7 Å². The molecule has 132 valence electrons. The van der Waals surface area contributed by atoms with Crippen molar-refractivity contribution in [2.24, 2.45) is 4.99 Å². The molecule has 0 unspecified atom stereocenters. The van der Waals surface area contributed by atoms with Crippen LogP contribution in [0.15, 0.2) is 74.6 Å². The lowest BCUT2D eigenvalue weighted by Crippen LogP contribution is -1.96. The number of benzene rings is 3. The Kier molecular flexibility index (Phi) is 6.52. The molecule has 3 aromatic rings. The smallest absolute Gasteiger partial charge is 0.134 e. The highest BCUT2D eigenvalue weighted by Gasteiger charge is 2.03. The predicted octanol–water partition coefficient (Wildman–Crippen LogP) is 7.50. The van der Waals surface area contributed by atoms with Crippen molar-refractivity contribution in [3.05, 3.63) is 91.3 Å². The molecule has 0 aromatic heterocycles. The third-order valence-corrected chi connectivity index (χ3v) is 5.17. The van der Waals surface area contributed by atoms with Gasteiger partial charge in [-0.05, 0) is 82.0 Å². The summed E-state index contributed by atoms with van der Waals surface area (Å²) in [5, 5.41) is 0.681. The summed E-state index contributed by atoms with van der Waals surface area (Å²) in [5.74, 6) is 0.795. The molecule has 0 atom stereocenters. The van der Waals surface area contributed by atoms with E-state index < -0.39 is 0 Å². The monoisotopic (exact) mass is 491 g/mol. The Hall–Kier alpha value is -1.62. The van der Waals surface area contributed by atoms with Gasteiger partial charge in [0.15, 0.2) is 0 Å². The molecule has 3 rings (SSSR count). The van der Waals surface area contributed by atoms with Crippen LogP contribution in [0, 0.1) is 6.92 Å². The summed E-state index contributed by atoms with van der Waals surface area (Å²) in [5.41, 5.74) is 4.04. The standard InChI is InChI=1S/C21H16Br2ClNO/c1-14-2-8-18(24)11-20(14)25-12-16-5-9-21(19(23)10-16)26-13-15-3-6-17(22)7-4-15/h2-12H,13H2,1H3. The molecule has 0 radical (unpaired) electrons. The summed E-state index contributed by atoms with van der Waals surface area (Å²) in [6.07, 6.45) is 1.82. The highest BCUT2D eigenvalue weighted by atomic mass is 79.9. The molecule has 2 nitrogen and oxygen atoms in total. The molecule has 0 aliphatic heterocycles. The topological polar surface area (TPSA) is 21.6 Å². The minimum atomic E-state index is 0.515. The van der Waals surface area contributed by atoms with Gasteiger partial charge in [0.1, 0.15) is 12.4 Å². The molecule has 0 aliphatic rings. The first-order valence-corrected chi connectivity index (χ1v) is 9.95. The Labute approximate surface area is 175 Å². The lowest BCUT2D eigenvalue weighted by Gasteiger charge is -2.09. The van der Waals surface area contributed by atoms with Crippen LogP contribution in [0.5, 0.6) is 5.75 Å². The minimum Gasteiger partial charge on any atom is -0.488 e. The lowest BCUT2D eigenvalue weighted by atomic mass is 10.2. The zero-order valence-corrected chi connectivity index (χ0v) is 18.0. The Morgan fingerprint density at radius 1 is 1.00 bits per heavy atom. The molecule has 26 heavy (non-hydrogen) atoms. The van der Waals surface area contributed by atoms with E-state index in [9.17, 15) is 0 Å². The molecule has 0 spiro atoms. The summed E-state index contributed by atoms with van der Waals surface area (Å²) in [6, 6.07) is 19.7. The summed E-state index contributed by atoms with van der Waals surface area (Å²) >= 11 is 13.0. The number of aliphatic imine (C=N–C) groups is 1. The van der Waals surface area contributed by atoms with Crippen molar-refractivity contribution in [2.45, 2.75) is 13.5 Å². The third kappa shape index (κ3) is 5.19. The van der Waals surface area contributed by atoms with Gasteiger partial charge in [-0.1, -0.05) is 45.7 Å². The quantitative estimate of drug-likeness (QED) is 0.337. The maximum absolute atomic E-state index is 6.04. The van der Waals surface area contributed by atoms with Crippen molar-refractivity contribution in [2.75, 3.05) is 0 Å². The molecule has 5 heteroatoms. The number of aryl methyl sites for hydroxylation is 1. The van der Waals surface area contributed by atoms with Gasteiger partial charge in [-0.2, -0.15) is 0 Å². The Bertz CT molecular complexity index is 939. The van der Waals surface area contributed by atoms with Gasteiger partial charge >= 0.3 is 0 Å². The molecule has 0 N–H and O–H groups in total. The molecule has 0 amide bonds. The largest absolute Gasteiger partial charge is 0.488 e. The number of halogens is 3. The van der Waals surface area contributed by atoms with Gasteiger partial charge < -0.3 is 4.74 Å². The number of hydrogen-bond acceptors (Lipinski definition) is 2. The second-order valence-corrected chi connectivity index (χ2v) is 8.00. The third-order valence-electron chi connectivity index (χ3n) is 3.79. The predicted molar refractivity (Wildman–Crippen MR) is 116 cm³/mol. The van der Waals surface area contributed by atoms with Crippen LogP contribution in [-0.2, 0) is 6.61 Å². The molecule has 3 aromatic carbocycles. The van der Waals surface area contributed by atoms with E-state index in [-0.39, 0.29) is 0 Å². The number of ether oxygens (including phenoxy) is 1. The van der Waals surface area contributed by atoms with Crippen molar-refractivity contribution in [3.63, 3.8) is 0 Å². The summed E-state index contributed by atoms with van der Waals surface area (Å²) in [4.78, 5) is 4.53. The number of nitrogens with zero attached hydrogens (tertiary/aromatic N) is 1. The normalized spacial score (nSPS) is 11.1. The zero-order chi connectivity index (χ0) is 18.5.